The van der Waals surface area contributed by atoms with Crippen molar-refractivity contribution in [1.82, 2.24) is 5.48 Å². The van der Waals surface area contributed by atoms with Crippen LogP contribution in [0.15, 0.2) is 29.3 Å². The van der Waals surface area contributed by atoms with Crippen molar-refractivity contribution >= 4 is 5.96 Å². The van der Waals surface area contributed by atoms with E-state index in [2.05, 4.69) is 4.99 Å². The molecular weight excluding hydrogens is 173 g/mol. The van der Waals surface area contributed by atoms with E-state index in [9.17, 15) is 4.39 Å². The summed E-state index contributed by atoms with van der Waals surface area (Å²) in [5, 5.41) is 8.28. The predicted molar refractivity (Wildman–Crippen MR) is 46.6 cm³/mol. The van der Waals surface area contributed by atoms with Crippen molar-refractivity contribution in [2.24, 2.45) is 10.7 Å². The number of hydrogen-bond donors (Lipinski definition) is 3. The van der Waals surface area contributed by atoms with Crippen molar-refractivity contribution in [3.8, 4) is 0 Å². The van der Waals surface area contributed by atoms with Crippen molar-refractivity contribution in [2.45, 2.75) is 6.54 Å². The molecule has 70 valence electrons. The van der Waals surface area contributed by atoms with E-state index >= 15 is 0 Å². The Balaban J connectivity index is 2.70. The van der Waals surface area contributed by atoms with Crippen LogP contribution in [-0.4, -0.2) is 11.2 Å². The number of nitrogens with one attached hydrogen (secondary N) is 1. The molecule has 5 heteroatoms. The van der Waals surface area contributed by atoms with Gasteiger partial charge in [0.15, 0.2) is 0 Å². The Morgan fingerprint density at radius 2 is 2.23 bits per heavy atom. The molecule has 0 fully saturated rings. The number of hydroxylamine groups is 1. The van der Waals surface area contributed by atoms with Crippen molar-refractivity contribution in [2.75, 3.05) is 0 Å². The number of nitrogens with zero attached hydrogens (tertiary/aromatic N) is 1. The Kier molecular flexibility index (Phi) is 3.22. The summed E-state index contributed by atoms with van der Waals surface area (Å²) in [6.07, 6.45) is 0. The highest BCUT2D eigenvalue weighted by molar-refractivity contribution is 5.76. The van der Waals surface area contributed by atoms with Gasteiger partial charge in [-0.2, -0.15) is 0 Å². The van der Waals surface area contributed by atoms with Gasteiger partial charge in [0.2, 0.25) is 5.96 Å². The van der Waals surface area contributed by atoms with E-state index < -0.39 is 0 Å². The van der Waals surface area contributed by atoms with Crippen molar-refractivity contribution in [1.29, 1.82) is 0 Å². The summed E-state index contributed by atoms with van der Waals surface area (Å²) in [5.74, 6) is -0.472. The van der Waals surface area contributed by atoms with Crippen LogP contribution in [0.3, 0.4) is 0 Å². The topological polar surface area (TPSA) is 70.6 Å². The molecule has 0 unspecified atom stereocenters. The standard InChI is InChI=1S/C8H10FN3O/c9-7-4-2-1-3-6(7)5-11-8(10)12-13/h1-4,13H,5H2,(H3,10,11,12). The third kappa shape index (κ3) is 2.72. The second-order valence-electron chi connectivity index (χ2n) is 2.40. The van der Waals surface area contributed by atoms with Gasteiger partial charge in [0.05, 0.1) is 6.54 Å². The largest absolute Gasteiger partial charge is 0.368 e. The fraction of sp³-hybridized carbons (Fsp3) is 0.125. The fourth-order valence-electron chi connectivity index (χ4n) is 0.832. The normalized spacial score (nSPS) is 11.4. The smallest absolute Gasteiger partial charge is 0.213 e. The summed E-state index contributed by atoms with van der Waals surface area (Å²) < 4.78 is 13.0. The number of aliphatic imine (C=N–C) groups is 1. The molecule has 0 spiro atoms. The minimum absolute atomic E-state index is 0.103. The molecule has 0 aliphatic heterocycles. The lowest BCUT2D eigenvalue weighted by Gasteiger charge is -1.99. The molecule has 1 rings (SSSR count). The number of rotatable bonds is 2. The van der Waals surface area contributed by atoms with Gasteiger partial charge in [0.1, 0.15) is 5.82 Å². The molecule has 0 aliphatic rings. The average molecular weight is 183 g/mol. The second-order valence-corrected chi connectivity index (χ2v) is 2.40. The Labute approximate surface area is 74.9 Å². The molecule has 4 N–H and O–H groups in total. The van der Waals surface area contributed by atoms with Gasteiger partial charge < -0.3 is 5.73 Å². The molecule has 0 atom stereocenters. The van der Waals surface area contributed by atoms with E-state index in [4.69, 9.17) is 10.9 Å². The van der Waals surface area contributed by atoms with Gasteiger partial charge in [-0.25, -0.2) is 14.9 Å². The lowest BCUT2D eigenvalue weighted by molar-refractivity contribution is 0.232. The van der Waals surface area contributed by atoms with Crippen LogP contribution in [0.5, 0.6) is 0 Å². The molecule has 0 radical (unpaired) electrons. The molecule has 0 saturated carbocycles. The Hall–Kier alpha value is -1.62. The van der Waals surface area contributed by atoms with E-state index in [-0.39, 0.29) is 18.3 Å². The zero-order valence-electron chi connectivity index (χ0n) is 6.87. The first-order valence-electron chi connectivity index (χ1n) is 3.67. The highest BCUT2D eigenvalue weighted by Crippen LogP contribution is 2.06. The van der Waals surface area contributed by atoms with Gasteiger partial charge in [-0.3, -0.25) is 5.21 Å². The van der Waals surface area contributed by atoms with E-state index in [1.807, 2.05) is 0 Å². The molecule has 0 aliphatic carbocycles. The van der Waals surface area contributed by atoms with Crippen molar-refractivity contribution in [3.63, 3.8) is 0 Å². The van der Waals surface area contributed by atoms with Crippen LogP contribution in [0.4, 0.5) is 4.39 Å². The number of benzene rings is 1. The second kappa shape index (κ2) is 4.42. The highest BCUT2D eigenvalue weighted by Gasteiger charge is 1.98. The van der Waals surface area contributed by atoms with Crippen molar-refractivity contribution < 1.29 is 9.60 Å². The van der Waals surface area contributed by atoms with Gasteiger partial charge in [-0.1, -0.05) is 18.2 Å². The lowest BCUT2D eigenvalue weighted by Crippen LogP contribution is -2.28. The first-order valence-corrected chi connectivity index (χ1v) is 3.67. The third-order valence-electron chi connectivity index (χ3n) is 1.49. The monoisotopic (exact) mass is 183 g/mol. The molecule has 0 amide bonds. The van der Waals surface area contributed by atoms with E-state index in [0.717, 1.165) is 0 Å². The van der Waals surface area contributed by atoms with Gasteiger partial charge >= 0.3 is 0 Å². The number of halogens is 1. The minimum atomic E-state index is -0.336. The maximum atomic E-state index is 13.0. The molecule has 0 saturated heterocycles. The summed E-state index contributed by atoms with van der Waals surface area (Å²) in [7, 11) is 0. The molecule has 4 nitrogen and oxygen atoms in total. The maximum Gasteiger partial charge on any atom is 0.213 e. The molecular formula is C8H10FN3O. The molecule has 0 heterocycles. The number of hydrogen-bond acceptors (Lipinski definition) is 2. The van der Waals surface area contributed by atoms with E-state index in [0.29, 0.717) is 5.56 Å². The van der Waals surface area contributed by atoms with E-state index in [1.165, 1.54) is 6.07 Å². The average Bonchev–Trinajstić information content (AvgIpc) is 2.16. The predicted octanol–water partition coefficient (Wildman–Crippen LogP) is 0.619. The van der Waals surface area contributed by atoms with Crippen LogP contribution < -0.4 is 11.2 Å². The third-order valence-corrected chi connectivity index (χ3v) is 1.49. The zero-order chi connectivity index (χ0) is 9.68. The number of guanidine groups is 1. The number of nitrogens with two attached hydrogens (primary N) is 1. The molecule has 13 heavy (non-hydrogen) atoms. The molecule has 0 bridgehead atoms. The SMILES string of the molecule is NC(=NCc1ccccc1F)NO. The van der Waals surface area contributed by atoms with Gasteiger partial charge in [0, 0.05) is 5.56 Å². The van der Waals surface area contributed by atoms with Crippen molar-refractivity contribution in [3.05, 3.63) is 35.6 Å². The Morgan fingerprint density at radius 1 is 1.54 bits per heavy atom. The minimum Gasteiger partial charge on any atom is -0.368 e. The Morgan fingerprint density at radius 3 is 2.85 bits per heavy atom. The van der Waals surface area contributed by atoms with E-state index in [1.54, 1.807) is 23.7 Å². The maximum absolute atomic E-state index is 13.0. The molecule has 0 aromatic heterocycles. The van der Waals surface area contributed by atoms with Crippen LogP contribution in [0.2, 0.25) is 0 Å². The van der Waals surface area contributed by atoms with Gasteiger partial charge in [-0.15, -0.1) is 0 Å². The fourth-order valence-corrected chi connectivity index (χ4v) is 0.832. The van der Waals surface area contributed by atoms with Gasteiger partial charge in [-0.05, 0) is 6.07 Å². The molecule has 1 aromatic rings. The first-order chi connectivity index (χ1) is 6.24. The molecule has 1 aromatic carbocycles. The van der Waals surface area contributed by atoms with Crippen LogP contribution in [0, 0.1) is 5.82 Å². The highest BCUT2D eigenvalue weighted by atomic mass is 19.1. The van der Waals surface area contributed by atoms with Crippen LogP contribution in [-0.2, 0) is 6.54 Å². The summed E-state index contributed by atoms with van der Waals surface area (Å²) in [4.78, 5) is 3.67. The van der Waals surface area contributed by atoms with Crippen LogP contribution in [0.25, 0.3) is 0 Å². The quantitative estimate of drug-likeness (QED) is 0.357. The van der Waals surface area contributed by atoms with Gasteiger partial charge in [0.25, 0.3) is 0 Å². The van der Waals surface area contributed by atoms with Crippen LogP contribution in [0.1, 0.15) is 5.56 Å². The summed E-state index contributed by atoms with van der Waals surface area (Å²) in [6.45, 7) is 0.103. The first kappa shape index (κ1) is 9.47. The Bertz CT molecular complexity index is 314. The van der Waals surface area contributed by atoms with Crippen LogP contribution >= 0.6 is 0 Å². The lowest BCUT2D eigenvalue weighted by atomic mass is 10.2. The summed E-state index contributed by atoms with van der Waals surface area (Å²) in [6, 6.07) is 6.24. The summed E-state index contributed by atoms with van der Waals surface area (Å²) >= 11 is 0. The zero-order valence-corrected chi connectivity index (χ0v) is 6.87. The summed E-state index contributed by atoms with van der Waals surface area (Å²) in [5.41, 5.74) is 7.23.